The first-order valence-electron chi connectivity index (χ1n) is 5.87. The van der Waals surface area contributed by atoms with Crippen LogP contribution in [0.3, 0.4) is 0 Å². The van der Waals surface area contributed by atoms with Gasteiger partial charge in [-0.05, 0) is 32.0 Å². The Bertz CT molecular complexity index is 376. The van der Waals surface area contributed by atoms with Crippen LogP contribution in [0.1, 0.15) is 12.8 Å². The normalized spacial score (nSPS) is 18.1. The number of halogens is 1. The number of rotatable bonds is 3. The highest BCUT2D eigenvalue weighted by atomic mass is 79.9. The fourth-order valence-corrected chi connectivity index (χ4v) is 2.47. The molecular formula is C13H18BrNO2. The van der Waals surface area contributed by atoms with E-state index in [-0.39, 0.29) is 0 Å². The van der Waals surface area contributed by atoms with E-state index < -0.39 is 0 Å². The van der Waals surface area contributed by atoms with E-state index in [4.69, 9.17) is 9.47 Å². The van der Waals surface area contributed by atoms with Gasteiger partial charge in [0.25, 0.3) is 0 Å². The zero-order valence-corrected chi connectivity index (χ0v) is 11.9. The van der Waals surface area contributed by atoms with E-state index in [0.29, 0.717) is 6.10 Å². The summed E-state index contributed by atoms with van der Waals surface area (Å²) in [6.07, 6.45) is 2.50. The van der Waals surface area contributed by atoms with Gasteiger partial charge in [0.05, 0.1) is 7.11 Å². The van der Waals surface area contributed by atoms with E-state index in [9.17, 15) is 0 Å². The topological polar surface area (TPSA) is 21.7 Å². The monoisotopic (exact) mass is 299 g/mol. The minimum absolute atomic E-state index is 0.324. The fraction of sp³-hybridized carbons (Fsp3) is 0.538. The van der Waals surface area contributed by atoms with Crippen molar-refractivity contribution in [1.82, 2.24) is 4.90 Å². The SMILES string of the molecule is COc1cc(Br)cc(OC2CCN(C)CC2)c1. The minimum atomic E-state index is 0.324. The molecule has 0 unspecified atom stereocenters. The summed E-state index contributed by atoms with van der Waals surface area (Å²) >= 11 is 3.46. The predicted octanol–water partition coefficient (Wildman–Crippen LogP) is 2.93. The highest BCUT2D eigenvalue weighted by Gasteiger charge is 2.18. The van der Waals surface area contributed by atoms with Crippen LogP contribution in [0, 0.1) is 0 Å². The molecule has 17 heavy (non-hydrogen) atoms. The van der Waals surface area contributed by atoms with Crippen molar-refractivity contribution in [2.75, 3.05) is 27.2 Å². The van der Waals surface area contributed by atoms with Crippen molar-refractivity contribution in [3.05, 3.63) is 22.7 Å². The maximum absolute atomic E-state index is 5.99. The molecule has 1 aromatic rings. The van der Waals surface area contributed by atoms with E-state index in [1.807, 2.05) is 18.2 Å². The lowest BCUT2D eigenvalue weighted by atomic mass is 10.1. The van der Waals surface area contributed by atoms with Crippen LogP contribution >= 0.6 is 15.9 Å². The van der Waals surface area contributed by atoms with Crippen LogP contribution in [-0.2, 0) is 0 Å². The van der Waals surface area contributed by atoms with Crippen molar-refractivity contribution in [3.63, 3.8) is 0 Å². The van der Waals surface area contributed by atoms with Crippen molar-refractivity contribution in [2.24, 2.45) is 0 Å². The number of benzene rings is 1. The van der Waals surface area contributed by atoms with E-state index in [2.05, 4.69) is 27.9 Å². The summed E-state index contributed by atoms with van der Waals surface area (Å²) in [5.41, 5.74) is 0. The van der Waals surface area contributed by atoms with Crippen LogP contribution in [0.2, 0.25) is 0 Å². The number of hydrogen-bond acceptors (Lipinski definition) is 3. The first-order valence-corrected chi connectivity index (χ1v) is 6.66. The van der Waals surface area contributed by atoms with Gasteiger partial charge in [-0.1, -0.05) is 15.9 Å². The third-order valence-electron chi connectivity index (χ3n) is 3.05. The molecule has 1 saturated heterocycles. The standard InChI is InChI=1S/C13H18BrNO2/c1-15-5-3-11(4-6-15)17-13-8-10(14)7-12(9-13)16-2/h7-9,11H,3-6H2,1-2H3. The molecule has 0 saturated carbocycles. The molecule has 0 N–H and O–H groups in total. The second-order valence-electron chi connectivity index (χ2n) is 4.45. The summed E-state index contributed by atoms with van der Waals surface area (Å²) in [6.45, 7) is 2.21. The Hall–Kier alpha value is -0.740. The number of methoxy groups -OCH3 is 1. The quantitative estimate of drug-likeness (QED) is 0.856. The van der Waals surface area contributed by atoms with Gasteiger partial charge in [-0.2, -0.15) is 0 Å². The molecule has 1 aliphatic heterocycles. The average Bonchev–Trinajstić information content (AvgIpc) is 2.31. The van der Waals surface area contributed by atoms with Gasteiger partial charge in [0.2, 0.25) is 0 Å². The Morgan fingerprint density at radius 1 is 1.18 bits per heavy atom. The Kier molecular flexibility index (Phi) is 4.29. The molecule has 0 spiro atoms. The van der Waals surface area contributed by atoms with Crippen molar-refractivity contribution in [1.29, 1.82) is 0 Å². The van der Waals surface area contributed by atoms with Gasteiger partial charge in [-0.25, -0.2) is 0 Å². The average molecular weight is 300 g/mol. The van der Waals surface area contributed by atoms with Gasteiger partial charge in [0, 0.05) is 23.6 Å². The fourth-order valence-electron chi connectivity index (χ4n) is 2.02. The Morgan fingerprint density at radius 3 is 2.47 bits per heavy atom. The third kappa shape index (κ3) is 3.61. The molecule has 1 fully saturated rings. The van der Waals surface area contributed by atoms with Gasteiger partial charge in [-0.15, -0.1) is 0 Å². The van der Waals surface area contributed by atoms with Crippen LogP contribution in [-0.4, -0.2) is 38.3 Å². The maximum atomic E-state index is 5.99. The van der Waals surface area contributed by atoms with Gasteiger partial charge >= 0.3 is 0 Å². The number of piperidine rings is 1. The molecule has 1 heterocycles. The summed E-state index contributed by atoms with van der Waals surface area (Å²) < 4.78 is 12.2. The van der Waals surface area contributed by atoms with Gasteiger partial charge < -0.3 is 14.4 Å². The molecule has 0 amide bonds. The number of likely N-dealkylation sites (tertiary alicyclic amines) is 1. The molecule has 2 rings (SSSR count). The van der Waals surface area contributed by atoms with Crippen LogP contribution in [0.15, 0.2) is 22.7 Å². The summed E-state index contributed by atoms with van der Waals surface area (Å²) in [5, 5.41) is 0. The van der Waals surface area contributed by atoms with Crippen molar-refractivity contribution in [2.45, 2.75) is 18.9 Å². The van der Waals surface area contributed by atoms with E-state index in [1.165, 1.54) is 0 Å². The summed E-state index contributed by atoms with van der Waals surface area (Å²) in [6, 6.07) is 5.85. The van der Waals surface area contributed by atoms with Crippen molar-refractivity contribution in [3.8, 4) is 11.5 Å². The highest BCUT2D eigenvalue weighted by molar-refractivity contribution is 9.10. The molecule has 4 heteroatoms. The van der Waals surface area contributed by atoms with E-state index in [1.54, 1.807) is 7.11 Å². The zero-order valence-electron chi connectivity index (χ0n) is 10.3. The Morgan fingerprint density at radius 2 is 1.82 bits per heavy atom. The molecule has 1 aromatic carbocycles. The van der Waals surface area contributed by atoms with Gasteiger partial charge in [0.15, 0.2) is 0 Å². The zero-order chi connectivity index (χ0) is 12.3. The molecule has 1 aliphatic rings. The number of nitrogens with zero attached hydrogens (tertiary/aromatic N) is 1. The summed E-state index contributed by atoms with van der Waals surface area (Å²) in [7, 11) is 3.82. The van der Waals surface area contributed by atoms with E-state index in [0.717, 1.165) is 41.9 Å². The van der Waals surface area contributed by atoms with Gasteiger partial charge in [-0.3, -0.25) is 0 Å². The molecular weight excluding hydrogens is 282 g/mol. The summed E-state index contributed by atoms with van der Waals surface area (Å²) in [4.78, 5) is 2.33. The van der Waals surface area contributed by atoms with Crippen molar-refractivity contribution < 1.29 is 9.47 Å². The largest absolute Gasteiger partial charge is 0.497 e. The summed E-state index contributed by atoms with van der Waals surface area (Å²) in [5.74, 6) is 1.70. The highest BCUT2D eigenvalue weighted by Crippen LogP contribution is 2.28. The molecule has 0 aromatic heterocycles. The van der Waals surface area contributed by atoms with Crippen molar-refractivity contribution >= 4 is 15.9 Å². The molecule has 0 radical (unpaired) electrons. The molecule has 94 valence electrons. The molecule has 0 atom stereocenters. The smallest absolute Gasteiger partial charge is 0.124 e. The molecule has 3 nitrogen and oxygen atoms in total. The number of hydrogen-bond donors (Lipinski definition) is 0. The predicted molar refractivity (Wildman–Crippen MR) is 71.8 cm³/mol. The third-order valence-corrected chi connectivity index (χ3v) is 3.51. The van der Waals surface area contributed by atoms with Crippen LogP contribution in [0.5, 0.6) is 11.5 Å². The first kappa shape index (κ1) is 12.7. The maximum Gasteiger partial charge on any atom is 0.124 e. The van der Waals surface area contributed by atoms with Crippen LogP contribution in [0.25, 0.3) is 0 Å². The second kappa shape index (κ2) is 5.74. The first-order chi connectivity index (χ1) is 8.17. The second-order valence-corrected chi connectivity index (χ2v) is 5.36. The minimum Gasteiger partial charge on any atom is -0.497 e. The van der Waals surface area contributed by atoms with E-state index >= 15 is 0 Å². The lowest BCUT2D eigenvalue weighted by molar-refractivity contribution is 0.114. The Labute approximate surface area is 111 Å². The lowest BCUT2D eigenvalue weighted by Gasteiger charge is -2.29. The number of ether oxygens (including phenoxy) is 2. The van der Waals surface area contributed by atoms with Crippen LogP contribution in [0.4, 0.5) is 0 Å². The Balaban J connectivity index is 2.00. The lowest BCUT2D eigenvalue weighted by Crippen LogP contribution is -2.35. The van der Waals surface area contributed by atoms with Gasteiger partial charge in [0.1, 0.15) is 17.6 Å². The molecule has 0 bridgehead atoms. The molecule has 0 aliphatic carbocycles. The van der Waals surface area contributed by atoms with Crippen LogP contribution < -0.4 is 9.47 Å².